The predicted octanol–water partition coefficient (Wildman–Crippen LogP) is 5.62. The molecule has 4 aromatic rings. The topological polar surface area (TPSA) is 95.9 Å². The van der Waals surface area contributed by atoms with Crippen LogP contribution >= 0.6 is 0 Å². The molecule has 3 aromatic heterocycles. The van der Waals surface area contributed by atoms with Crippen molar-refractivity contribution in [1.82, 2.24) is 30.2 Å². The first-order chi connectivity index (χ1) is 20.6. The molecular formula is C31H33F4N7O. The van der Waals surface area contributed by atoms with Gasteiger partial charge in [-0.1, -0.05) is 25.1 Å². The van der Waals surface area contributed by atoms with Gasteiger partial charge in [-0.05, 0) is 56.0 Å². The number of likely N-dealkylation sites (tertiary alicyclic amines) is 1. The van der Waals surface area contributed by atoms with Gasteiger partial charge in [0, 0.05) is 48.4 Å². The van der Waals surface area contributed by atoms with E-state index in [1.165, 1.54) is 18.3 Å². The summed E-state index contributed by atoms with van der Waals surface area (Å²) in [5.41, 5.74) is 3.84. The van der Waals surface area contributed by atoms with Gasteiger partial charge in [-0.2, -0.15) is 13.2 Å². The number of piperidine rings is 1. The van der Waals surface area contributed by atoms with Gasteiger partial charge in [0.05, 0.1) is 29.5 Å². The largest absolute Gasteiger partial charge is 0.401 e. The van der Waals surface area contributed by atoms with Gasteiger partial charge in [0.25, 0.3) is 5.91 Å². The number of amides is 1. The lowest BCUT2D eigenvalue weighted by Gasteiger charge is -2.32. The van der Waals surface area contributed by atoms with Crippen molar-refractivity contribution in [2.45, 2.75) is 38.3 Å². The highest BCUT2D eigenvalue weighted by Gasteiger charge is 2.32. The Morgan fingerprint density at radius 3 is 2.56 bits per heavy atom. The number of rotatable bonds is 9. The first kappa shape index (κ1) is 30.3. The Labute approximate surface area is 247 Å². The van der Waals surface area contributed by atoms with Gasteiger partial charge in [-0.3, -0.25) is 19.7 Å². The number of aromatic nitrogens is 4. The van der Waals surface area contributed by atoms with Crippen molar-refractivity contribution in [2.24, 2.45) is 5.92 Å². The maximum Gasteiger partial charge on any atom is 0.401 e. The van der Waals surface area contributed by atoms with Gasteiger partial charge >= 0.3 is 6.18 Å². The Bertz CT molecular complexity index is 1570. The summed E-state index contributed by atoms with van der Waals surface area (Å²) in [4.78, 5) is 31.4. The monoisotopic (exact) mass is 595 g/mol. The minimum absolute atomic E-state index is 0.0269. The molecular weight excluding hydrogens is 562 g/mol. The van der Waals surface area contributed by atoms with E-state index in [4.69, 9.17) is 0 Å². The van der Waals surface area contributed by atoms with Crippen LogP contribution < -0.4 is 10.6 Å². The van der Waals surface area contributed by atoms with Crippen molar-refractivity contribution in [3.8, 4) is 11.3 Å². The zero-order valence-electron chi connectivity index (χ0n) is 24.0. The van der Waals surface area contributed by atoms with Crippen LogP contribution in [0.5, 0.6) is 0 Å². The normalized spacial score (nSPS) is 15.4. The third kappa shape index (κ3) is 7.42. The molecule has 1 aliphatic heterocycles. The van der Waals surface area contributed by atoms with E-state index in [0.717, 1.165) is 42.3 Å². The summed E-state index contributed by atoms with van der Waals surface area (Å²) in [6.45, 7) is 2.57. The molecule has 1 saturated heterocycles. The van der Waals surface area contributed by atoms with Crippen LogP contribution in [-0.4, -0.2) is 70.1 Å². The fourth-order valence-corrected chi connectivity index (χ4v) is 5.55. The SMILES string of the molecule is CNC(=O)c1c(F)cnc2c(C(C)CNc3cc(-c4ccc(CC5CCN(CC(F)(F)F)CC5)nc4)ncn3)cccc12. The van der Waals surface area contributed by atoms with Crippen LogP contribution in [0.3, 0.4) is 0 Å². The Hall–Kier alpha value is -4.19. The van der Waals surface area contributed by atoms with E-state index in [2.05, 4.69) is 30.6 Å². The number of hydrogen-bond donors (Lipinski definition) is 2. The summed E-state index contributed by atoms with van der Waals surface area (Å²) < 4.78 is 52.4. The van der Waals surface area contributed by atoms with Crippen LogP contribution in [0, 0.1) is 11.7 Å². The van der Waals surface area contributed by atoms with Crippen LogP contribution in [0.1, 0.15) is 47.3 Å². The van der Waals surface area contributed by atoms with Crippen molar-refractivity contribution in [3.05, 3.63) is 77.8 Å². The molecule has 2 N–H and O–H groups in total. The molecule has 0 radical (unpaired) electrons. The second-order valence-corrected chi connectivity index (χ2v) is 11.0. The average Bonchev–Trinajstić information content (AvgIpc) is 3.00. The molecule has 1 aliphatic rings. The van der Waals surface area contributed by atoms with Gasteiger partial charge in [0.1, 0.15) is 12.1 Å². The summed E-state index contributed by atoms with van der Waals surface area (Å²) in [5.74, 6) is -0.285. The zero-order valence-corrected chi connectivity index (χ0v) is 24.0. The smallest absolute Gasteiger partial charge is 0.369 e. The quantitative estimate of drug-likeness (QED) is 0.243. The molecule has 1 aromatic carbocycles. The molecule has 43 heavy (non-hydrogen) atoms. The number of hydrogen-bond acceptors (Lipinski definition) is 7. The summed E-state index contributed by atoms with van der Waals surface area (Å²) in [6, 6.07) is 11.1. The molecule has 1 unspecified atom stereocenters. The Morgan fingerprint density at radius 2 is 1.86 bits per heavy atom. The number of halogens is 4. The summed E-state index contributed by atoms with van der Waals surface area (Å²) in [7, 11) is 1.46. The fraction of sp³-hybridized carbons (Fsp3) is 0.387. The number of nitrogens with one attached hydrogen (secondary N) is 2. The molecule has 8 nitrogen and oxygen atoms in total. The molecule has 1 amide bonds. The van der Waals surface area contributed by atoms with E-state index >= 15 is 0 Å². The fourth-order valence-electron chi connectivity index (χ4n) is 5.55. The third-order valence-electron chi connectivity index (χ3n) is 7.85. The maximum absolute atomic E-state index is 14.4. The molecule has 0 bridgehead atoms. The number of carbonyl (C=O) groups excluding carboxylic acids is 1. The van der Waals surface area contributed by atoms with Gasteiger partial charge in [-0.15, -0.1) is 0 Å². The maximum atomic E-state index is 14.4. The minimum Gasteiger partial charge on any atom is -0.369 e. The molecule has 0 spiro atoms. The van der Waals surface area contributed by atoms with E-state index in [-0.39, 0.29) is 11.5 Å². The van der Waals surface area contributed by atoms with Crippen LogP contribution in [0.15, 0.2) is 55.1 Å². The van der Waals surface area contributed by atoms with E-state index in [0.29, 0.717) is 48.0 Å². The molecule has 1 atom stereocenters. The molecule has 4 heterocycles. The number of anilines is 1. The van der Waals surface area contributed by atoms with Gasteiger partial charge < -0.3 is 10.6 Å². The summed E-state index contributed by atoms with van der Waals surface area (Å²) in [6.07, 6.45) is 2.33. The third-order valence-corrected chi connectivity index (χ3v) is 7.85. The standard InChI is InChI=1S/C31H33F4N7O/c1-19(23-4-3-5-24-28(30(43)36-2)25(32)16-39-29(23)24)14-38-27-13-26(40-18-41-27)21-6-7-22(37-15-21)12-20-8-10-42(11-9-20)17-31(33,34)35/h3-7,13,15-16,18-20H,8-12,14,17H2,1-2H3,(H,36,43)(H,38,40,41). The zero-order chi connectivity index (χ0) is 30.6. The van der Waals surface area contributed by atoms with Crippen molar-refractivity contribution in [1.29, 1.82) is 0 Å². The van der Waals surface area contributed by atoms with Crippen molar-refractivity contribution >= 4 is 22.6 Å². The Balaban J connectivity index is 1.21. The number of nitrogens with zero attached hydrogens (tertiary/aromatic N) is 5. The lowest BCUT2D eigenvalue weighted by atomic mass is 9.92. The number of alkyl halides is 3. The molecule has 1 fully saturated rings. The summed E-state index contributed by atoms with van der Waals surface area (Å²) in [5, 5.41) is 6.27. The second-order valence-electron chi connectivity index (χ2n) is 11.0. The second kappa shape index (κ2) is 13.0. The number of benzene rings is 1. The number of pyridine rings is 2. The highest BCUT2D eigenvalue weighted by molar-refractivity contribution is 6.06. The van der Waals surface area contributed by atoms with Crippen molar-refractivity contribution < 1.29 is 22.4 Å². The number of para-hydroxylation sites is 1. The first-order valence-electron chi connectivity index (χ1n) is 14.2. The van der Waals surface area contributed by atoms with Crippen LogP contribution in [0.2, 0.25) is 0 Å². The minimum atomic E-state index is -4.16. The lowest BCUT2D eigenvalue weighted by Crippen LogP contribution is -2.40. The van der Waals surface area contributed by atoms with Crippen LogP contribution in [0.25, 0.3) is 22.2 Å². The highest BCUT2D eigenvalue weighted by Crippen LogP contribution is 2.29. The van der Waals surface area contributed by atoms with Crippen molar-refractivity contribution in [2.75, 3.05) is 38.5 Å². The molecule has 0 saturated carbocycles. The van der Waals surface area contributed by atoms with Gasteiger partial charge in [0.15, 0.2) is 5.82 Å². The van der Waals surface area contributed by atoms with E-state index in [1.54, 1.807) is 18.3 Å². The summed E-state index contributed by atoms with van der Waals surface area (Å²) >= 11 is 0. The molecule has 0 aliphatic carbocycles. The predicted molar refractivity (Wildman–Crippen MR) is 156 cm³/mol. The molecule has 226 valence electrons. The van der Waals surface area contributed by atoms with Gasteiger partial charge in [0.2, 0.25) is 0 Å². The highest BCUT2D eigenvalue weighted by atomic mass is 19.4. The first-order valence-corrected chi connectivity index (χ1v) is 14.2. The Kier molecular flexibility index (Phi) is 9.14. The van der Waals surface area contributed by atoms with E-state index < -0.39 is 24.4 Å². The number of fused-ring (bicyclic) bond motifs is 1. The van der Waals surface area contributed by atoms with Crippen molar-refractivity contribution in [3.63, 3.8) is 0 Å². The average molecular weight is 596 g/mol. The molecule has 12 heteroatoms. The van der Waals surface area contributed by atoms with E-state index in [9.17, 15) is 22.4 Å². The molecule has 5 rings (SSSR count). The lowest BCUT2D eigenvalue weighted by molar-refractivity contribution is -0.148. The van der Waals surface area contributed by atoms with Crippen LogP contribution in [0.4, 0.5) is 23.4 Å². The Morgan fingerprint density at radius 1 is 1.07 bits per heavy atom. The number of carbonyl (C=O) groups is 1. The van der Waals surface area contributed by atoms with E-state index in [1.807, 2.05) is 31.2 Å². The van der Waals surface area contributed by atoms with Gasteiger partial charge in [-0.25, -0.2) is 14.4 Å². The van der Waals surface area contributed by atoms with Crippen LogP contribution in [-0.2, 0) is 6.42 Å².